The molecule has 0 fully saturated rings. The van der Waals surface area contributed by atoms with E-state index in [-0.39, 0.29) is 11.4 Å². The molecule has 2 aromatic rings. The summed E-state index contributed by atoms with van der Waals surface area (Å²) < 4.78 is 1.68. The van der Waals surface area contributed by atoms with Gasteiger partial charge in [0.2, 0.25) is 0 Å². The molecule has 2 rings (SSSR count). The Bertz CT molecular complexity index is 529. The number of nitrogen functional groups attached to an aromatic ring is 1. The highest BCUT2D eigenvalue weighted by Gasteiger charge is 2.16. The molecule has 0 aliphatic heterocycles. The minimum absolute atomic E-state index is 0.140. The van der Waals surface area contributed by atoms with Gasteiger partial charge in [-0.2, -0.15) is 0 Å². The van der Waals surface area contributed by atoms with E-state index in [0.717, 1.165) is 11.3 Å². The third kappa shape index (κ3) is 1.54. The Kier molecular flexibility index (Phi) is 2.40. The number of benzene rings is 1. The first-order valence-corrected chi connectivity index (χ1v) is 4.85. The molecule has 4 nitrogen and oxygen atoms in total. The van der Waals surface area contributed by atoms with Crippen LogP contribution in [0.2, 0.25) is 0 Å². The maximum atomic E-state index is 10.9. The molecule has 0 spiro atoms. The predicted molar refractivity (Wildman–Crippen MR) is 62.2 cm³/mol. The molecule has 4 heteroatoms. The Morgan fingerprint density at radius 1 is 1.31 bits per heavy atom. The highest BCUT2D eigenvalue weighted by Crippen LogP contribution is 2.26. The first kappa shape index (κ1) is 10.3. The fourth-order valence-corrected chi connectivity index (χ4v) is 1.68. The Morgan fingerprint density at radius 2 is 1.94 bits per heavy atom. The van der Waals surface area contributed by atoms with Crippen molar-refractivity contribution >= 4 is 11.8 Å². The molecule has 16 heavy (non-hydrogen) atoms. The van der Waals surface area contributed by atoms with Crippen molar-refractivity contribution in [3.8, 4) is 11.3 Å². The van der Waals surface area contributed by atoms with Gasteiger partial charge in [-0.05, 0) is 11.6 Å². The largest absolute Gasteiger partial charge is 0.478 e. The molecule has 0 aliphatic carbocycles. The zero-order chi connectivity index (χ0) is 11.7. The highest BCUT2D eigenvalue weighted by molar-refractivity contribution is 5.95. The summed E-state index contributed by atoms with van der Waals surface area (Å²) in [5.41, 5.74) is 7.61. The average molecular weight is 216 g/mol. The lowest BCUT2D eigenvalue weighted by molar-refractivity contribution is 0.0698. The molecule has 1 aromatic heterocycles. The van der Waals surface area contributed by atoms with E-state index in [9.17, 15) is 4.79 Å². The lowest BCUT2D eigenvalue weighted by Crippen LogP contribution is -2.03. The lowest BCUT2D eigenvalue weighted by Gasteiger charge is -2.04. The second-order valence-corrected chi connectivity index (χ2v) is 3.56. The first-order chi connectivity index (χ1) is 7.61. The predicted octanol–water partition coefficient (Wildman–Crippen LogP) is 1.97. The maximum Gasteiger partial charge on any atom is 0.339 e. The van der Waals surface area contributed by atoms with Crippen LogP contribution in [0.4, 0.5) is 5.82 Å². The smallest absolute Gasteiger partial charge is 0.339 e. The fourth-order valence-electron chi connectivity index (χ4n) is 1.68. The summed E-state index contributed by atoms with van der Waals surface area (Å²) in [5.74, 6) is -0.735. The van der Waals surface area contributed by atoms with Crippen LogP contribution in [0.25, 0.3) is 11.3 Å². The number of hydrogen-bond donors (Lipinski definition) is 2. The van der Waals surface area contributed by atoms with Crippen LogP contribution in [0.1, 0.15) is 10.4 Å². The van der Waals surface area contributed by atoms with E-state index in [1.54, 1.807) is 17.7 Å². The van der Waals surface area contributed by atoms with Crippen molar-refractivity contribution < 1.29 is 9.90 Å². The average Bonchev–Trinajstić information content (AvgIpc) is 2.58. The van der Waals surface area contributed by atoms with Gasteiger partial charge in [-0.3, -0.25) is 0 Å². The van der Waals surface area contributed by atoms with E-state index >= 15 is 0 Å². The first-order valence-electron chi connectivity index (χ1n) is 4.85. The van der Waals surface area contributed by atoms with Crippen LogP contribution < -0.4 is 5.73 Å². The van der Waals surface area contributed by atoms with Crippen molar-refractivity contribution in [2.24, 2.45) is 7.05 Å². The Balaban J connectivity index is 2.60. The Hall–Kier alpha value is -2.23. The molecule has 1 aromatic carbocycles. The summed E-state index contributed by atoms with van der Waals surface area (Å²) in [6, 6.07) is 11.1. The highest BCUT2D eigenvalue weighted by atomic mass is 16.4. The van der Waals surface area contributed by atoms with E-state index in [0.29, 0.717) is 0 Å². The summed E-state index contributed by atoms with van der Waals surface area (Å²) >= 11 is 0. The van der Waals surface area contributed by atoms with Crippen LogP contribution in [0, 0.1) is 0 Å². The zero-order valence-electron chi connectivity index (χ0n) is 8.84. The van der Waals surface area contributed by atoms with Crippen molar-refractivity contribution in [2.45, 2.75) is 0 Å². The van der Waals surface area contributed by atoms with E-state index in [1.165, 1.54) is 0 Å². The number of carboxylic acids is 1. The number of carboxylic acid groups (broad SMARTS) is 1. The van der Waals surface area contributed by atoms with Crippen molar-refractivity contribution in [1.29, 1.82) is 0 Å². The van der Waals surface area contributed by atoms with Gasteiger partial charge in [0.1, 0.15) is 11.4 Å². The molecule has 0 unspecified atom stereocenters. The Labute approximate surface area is 92.9 Å². The van der Waals surface area contributed by atoms with Crippen LogP contribution in [0.5, 0.6) is 0 Å². The minimum Gasteiger partial charge on any atom is -0.478 e. The van der Waals surface area contributed by atoms with Crippen LogP contribution in [-0.2, 0) is 7.05 Å². The number of aromatic carboxylic acids is 1. The van der Waals surface area contributed by atoms with Crippen LogP contribution >= 0.6 is 0 Å². The van der Waals surface area contributed by atoms with Crippen LogP contribution in [0.15, 0.2) is 36.4 Å². The van der Waals surface area contributed by atoms with E-state index in [2.05, 4.69) is 0 Å². The molecule has 0 saturated heterocycles. The van der Waals surface area contributed by atoms with Crippen molar-refractivity contribution in [2.75, 3.05) is 5.73 Å². The number of anilines is 1. The molecule has 0 bridgehead atoms. The number of carbonyl (C=O) groups is 1. The van der Waals surface area contributed by atoms with E-state index in [1.807, 2.05) is 30.3 Å². The molecule has 0 radical (unpaired) electrons. The zero-order valence-corrected chi connectivity index (χ0v) is 8.84. The van der Waals surface area contributed by atoms with Gasteiger partial charge in [-0.15, -0.1) is 0 Å². The number of aromatic nitrogens is 1. The fraction of sp³-hybridized carbons (Fsp3) is 0.0833. The van der Waals surface area contributed by atoms with Gasteiger partial charge >= 0.3 is 5.97 Å². The second-order valence-electron chi connectivity index (χ2n) is 3.56. The normalized spacial score (nSPS) is 10.3. The standard InChI is InChI=1S/C12H12N2O2/c1-14-10(8-5-3-2-4-6-8)7-9(11(14)13)12(15)16/h2-7H,13H2,1H3,(H,15,16). The topological polar surface area (TPSA) is 68.2 Å². The van der Waals surface area contributed by atoms with Crippen LogP contribution in [-0.4, -0.2) is 15.6 Å². The molecule has 3 N–H and O–H groups in total. The second kappa shape index (κ2) is 3.73. The van der Waals surface area contributed by atoms with Gasteiger partial charge < -0.3 is 15.4 Å². The number of rotatable bonds is 2. The monoisotopic (exact) mass is 216 g/mol. The molecule has 0 saturated carbocycles. The molecular weight excluding hydrogens is 204 g/mol. The summed E-state index contributed by atoms with van der Waals surface area (Å²) in [5, 5.41) is 8.96. The Morgan fingerprint density at radius 3 is 2.44 bits per heavy atom. The van der Waals surface area contributed by atoms with Gasteiger partial charge in [0, 0.05) is 7.05 Å². The lowest BCUT2D eigenvalue weighted by atomic mass is 10.1. The number of nitrogens with zero attached hydrogens (tertiary/aromatic N) is 1. The van der Waals surface area contributed by atoms with Crippen molar-refractivity contribution in [1.82, 2.24) is 4.57 Å². The van der Waals surface area contributed by atoms with Gasteiger partial charge in [0.15, 0.2) is 0 Å². The third-order valence-corrected chi connectivity index (χ3v) is 2.58. The molecule has 1 heterocycles. The summed E-state index contributed by atoms with van der Waals surface area (Å²) in [6.07, 6.45) is 0. The summed E-state index contributed by atoms with van der Waals surface area (Å²) in [6.45, 7) is 0. The third-order valence-electron chi connectivity index (χ3n) is 2.58. The summed E-state index contributed by atoms with van der Waals surface area (Å²) in [4.78, 5) is 10.9. The number of nitrogens with two attached hydrogens (primary N) is 1. The summed E-state index contributed by atoms with van der Waals surface area (Å²) in [7, 11) is 1.75. The SMILES string of the molecule is Cn1c(-c2ccccc2)cc(C(=O)O)c1N. The quantitative estimate of drug-likeness (QED) is 0.806. The maximum absolute atomic E-state index is 10.9. The molecule has 82 valence electrons. The minimum atomic E-state index is -1.00. The molecule has 0 atom stereocenters. The molecule has 0 aliphatic rings. The van der Waals surface area contributed by atoms with Gasteiger partial charge in [0.25, 0.3) is 0 Å². The molecular formula is C12H12N2O2. The van der Waals surface area contributed by atoms with Gasteiger partial charge in [-0.1, -0.05) is 30.3 Å². The van der Waals surface area contributed by atoms with E-state index in [4.69, 9.17) is 10.8 Å². The van der Waals surface area contributed by atoms with Crippen molar-refractivity contribution in [3.63, 3.8) is 0 Å². The number of hydrogen-bond acceptors (Lipinski definition) is 2. The van der Waals surface area contributed by atoms with Crippen LogP contribution in [0.3, 0.4) is 0 Å². The van der Waals surface area contributed by atoms with Gasteiger partial charge in [0.05, 0.1) is 5.69 Å². The van der Waals surface area contributed by atoms with E-state index < -0.39 is 5.97 Å². The molecule has 0 amide bonds. The van der Waals surface area contributed by atoms with Gasteiger partial charge in [-0.25, -0.2) is 4.79 Å². The van der Waals surface area contributed by atoms with Crippen molar-refractivity contribution in [3.05, 3.63) is 42.0 Å².